The minimum atomic E-state index is -2.05. The normalized spacial score (nSPS) is 14.5. The van der Waals surface area contributed by atoms with Crippen molar-refractivity contribution in [3.63, 3.8) is 0 Å². The van der Waals surface area contributed by atoms with Crippen molar-refractivity contribution in [3.05, 3.63) is 58.5 Å². The SMILES string of the molecule is [2H]C([2H])([C@H](C)NC(=O)c1cc(C(C)O)[nH]n1)n1ccc(-c2ccc(C#N)c(Cl)c2)n1. The van der Waals surface area contributed by atoms with Crippen LogP contribution in [0.1, 0.15) is 44.4 Å². The molecule has 1 aromatic carbocycles. The quantitative estimate of drug-likeness (QED) is 0.587. The van der Waals surface area contributed by atoms with E-state index in [0.29, 0.717) is 22.5 Å². The molecule has 1 amide bonds. The van der Waals surface area contributed by atoms with Crippen LogP contribution in [0.3, 0.4) is 0 Å². The molecule has 8 nitrogen and oxygen atoms in total. The van der Waals surface area contributed by atoms with Crippen molar-refractivity contribution in [2.45, 2.75) is 32.5 Å². The first-order valence-corrected chi connectivity index (χ1v) is 8.81. The first-order valence-electron chi connectivity index (χ1n) is 9.44. The third-order valence-corrected chi connectivity index (χ3v) is 4.24. The Morgan fingerprint density at radius 3 is 2.89 bits per heavy atom. The van der Waals surface area contributed by atoms with Gasteiger partial charge in [0, 0.05) is 17.8 Å². The maximum absolute atomic E-state index is 12.4. The number of hydrogen-bond acceptors (Lipinski definition) is 5. The number of nitrogens with one attached hydrogen (secondary N) is 2. The van der Waals surface area contributed by atoms with Gasteiger partial charge in [0.15, 0.2) is 0 Å². The molecule has 3 rings (SSSR count). The number of nitriles is 1. The first-order chi connectivity index (χ1) is 14.1. The van der Waals surface area contributed by atoms with Crippen LogP contribution in [0.5, 0.6) is 0 Å². The van der Waals surface area contributed by atoms with Crippen molar-refractivity contribution >= 4 is 17.5 Å². The van der Waals surface area contributed by atoms with E-state index >= 15 is 0 Å². The Bertz CT molecular complexity index is 1120. The van der Waals surface area contributed by atoms with Crippen LogP contribution in [-0.2, 0) is 6.50 Å². The molecule has 0 aliphatic carbocycles. The zero-order valence-corrected chi connectivity index (χ0v) is 15.9. The third kappa shape index (κ3) is 4.39. The van der Waals surface area contributed by atoms with E-state index in [4.69, 9.17) is 19.6 Å². The summed E-state index contributed by atoms with van der Waals surface area (Å²) in [4.78, 5) is 12.4. The fraction of sp³-hybridized carbons (Fsp3) is 0.263. The molecule has 0 aliphatic rings. The molecule has 0 saturated heterocycles. The smallest absolute Gasteiger partial charge is 0.272 e. The van der Waals surface area contributed by atoms with E-state index in [2.05, 4.69) is 20.6 Å². The van der Waals surface area contributed by atoms with Crippen LogP contribution in [0.4, 0.5) is 0 Å². The lowest BCUT2D eigenvalue weighted by molar-refractivity contribution is 0.0931. The Hall–Kier alpha value is -3.15. The number of carbonyl (C=O) groups is 1. The summed E-state index contributed by atoms with van der Waals surface area (Å²) in [7, 11) is 0. The fourth-order valence-electron chi connectivity index (χ4n) is 2.48. The fourth-order valence-corrected chi connectivity index (χ4v) is 2.71. The van der Waals surface area contributed by atoms with Gasteiger partial charge in [-0.15, -0.1) is 0 Å². The summed E-state index contributed by atoms with van der Waals surface area (Å²) < 4.78 is 17.9. The Morgan fingerprint density at radius 2 is 2.25 bits per heavy atom. The lowest BCUT2D eigenvalue weighted by Crippen LogP contribution is -2.36. The molecular weight excluding hydrogens is 380 g/mol. The van der Waals surface area contributed by atoms with Gasteiger partial charge in [-0.05, 0) is 38.1 Å². The van der Waals surface area contributed by atoms with Crippen LogP contribution >= 0.6 is 11.6 Å². The number of amides is 1. The Kier molecular flexibility index (Phi) is 5.00. The Balaban J connectivity index is 1.77. The zero-order chi connectivity index (χ0) is 22.1. The van der Waals surface area contributed by atoms with Gasteiger partial charge in [-0.25, -0.2) is 0 Å². The average Bonchev–Trinajstić information content (AvgIpc) is 3.38. The Morgan fingerprint density at radius 1 is 1.46 bits per heavy atom. The van der Waals surface area contributed by atoms with Gasteiger partial charge < -0.3 is 10.4 Å². The highest BCUT2D eigenvalue weighted by Gasteiger charge is 2.16. The molecule has 2 aromatic heterocycles. The maximum atomic E-state index is 12.4. The number of H-pyrrole nitrogens is 1. The average molecular weight is 401 g/mol. The number of benzene rings is 1. The number of nitrogens with zero attached hydrogens (tertiary/aromatic N) is 4. The maximum Gasteiger partial charge on any atom is 0.272 e. The third-order valence-electron chi connectivity index (χ3n) is 3.93. The number of aromatic amines is 1. The molecule has 2 heterocycles. The van der Waals surface area contributed by atoms with E-state index in [-0.39, 0.29) is 10.7 Å². The van der Waals surface area contributed by atoms with Gasteiger partial charge in [-0.1, -0.05) is 17.7 Å². The number of halogens is 1. The molecule has 28 heavy (non-hydrogen) atoms. The number of hydrogen-bond donors (Lipinski definition) is 3. The van der Waals surface area contributed by atoms with Gasteiger partial charge in [0.05, 0.1) is 37.3 Å². The van der Waals surface area contributed by atoms with Crippen LogP contribution in [0, 0.1) is 11.3 Å². The van der Waals surface area contributed by atoms with Gasteiger partial charge in [-0.3, -0.25) is 14.6 Å². The van der Waals surface area contributed by atoms with Crippen LogP contribution < -0.4 is 5.32 Å². The molecule has 144 valence electrons. The molecule has 0 saturated carbocycles. The minimum Gasteiger partial charge on any atom is -0.387 e. The zero-order valence-electron chi connectivity index (χ0n) is 17.1. The monoisotopic (exact) mass is 400 g/mol. The van der Waals surface area contributed by atoms with Gasteiger partial charge in [0.25, 0.3) is 5.91 Å². The molecule has 0 radical (unpaired) electrons. The van der Waals surface area contributed by atoms with Crippen molar-refractivity contribution in [2.75, 3.05) is 0 Å². The van der Waals surface area contributed by atoms with Crippen LogP contribution in [0.25, 0.3) is 11.3 Å². The van der Waals surface area contributed by atoms with Gasteiger partial charge in [-0.2, -0.15) is 15.5 Å². The van der Waals surface area contributed by atoms with Crippen molar-refractivity contribution in [1.29, 1.82) is 5.26 Å². The summed E-state index contributed by atoms with van der Waals surface area (Å²) in [5.74, 6) is -0.583. The summed E-state index contributed by atoms with van der Waals surface area (Å²) in [6.45, 7) is 1.00. The molecule has 2 atom stereocenters. The largest absolute Gasteiger partial charge is 0.387 e. The standard InChI is InChI=1S/C19H19ClN6O2/c1-11(22-19(28)18-8-17(12(2)27)23-24-18)10-26-6-5-16(25-26)13-3-4-14(9-21)15(20)7-13/h3-8,11-12,27H,10H2,1-2H3,(H,22,28)(H,23,24)/t11-,12?/m0/s1/i10D2. The van der Waals surface area contributed by atoms with Crippen LogP contribution in [-0.4, -0.2) is 37.0 Å². The summed E-state index contributed by atoms with van der Waals surface area (Å²) in [6.07, 6.45) is 0.658. The highest BCUT2D eigenvalue weighted by atomic mass is 35.5. The topological polar surface area (TPSA) is 120 Å². The Labute approximate surface area is 169 Å². The van der Waals surface area contributed by atoms with Crippen LogP contribution in [0.15, 0.2) is 36.5 Å². The second kappa shape index (κ2) is 8.25. The number of rotatable bonds is 6. The highest BCUT2D eigenvalue weighted by Crippen LogP contribution is 2.24. The number of aliphatic hydroxyl groups is 1. The van der Waals surface area contributed by atoms with Crippen molar-refractivity contribution in [3.8, 4) is 17.3 Å². The molecule has 0 fully saturated rings. The van der Waals surface area contributed by atoms with Crippen LogP contribution in [0.2, 0.25) is 5.02 Å². The number of aliphatic hydroxyl groups excluding tert-OH is 1. The summed E-state index contributed by atoms with van der Waals surface area (Å²) >= 11 is 6.06. The van der Waals surface area contributed by atoms with Crippen molar-refractivity contribution in [2.24, 2.45) is 0 Å². The minimum absolute atomic E-state index is 0.0435. The summed E-state index contributed by atoms with van der Waals surface area (Å²) in [5.41, 5.74) is 1.87. The lowest BCUT2D eigenvalue weighted by atomic mass is 10.1. The first kappa shape index (κ1) is 17.0. The van der Waals surface area contributed by atoms with E-state index in [1.165, 1.54) is 26.1 Å². The molecular formula is C19H19ClN6O2. The predicted octanol–water partition coefficient (Wildman–Crippen LogP) is 2.67. The van der Waals surface area contributed by atoms with E-state index in [0.717, 1.165) is 4.68 Å². The predicted molar refractivity (Wildman–Crippen MR) is 104 cm³/mol. The van der Waals surface area contributed by atoms with E-state index in [9.17, 15) is 9.90 Å². The molecule has 0 bridgehead atoms. The van der Waals surface area contributed by atoms with E-state index < -0.39 is 24.5 Å². The van der Waals surface area contributed by atoms with Gasteiger partial charge >= 0.3 is 0 Å². The number of aromatic nitrogens is 4. The van der Waals surface area contributed by atoms with Gasteiger partial charge in [0.2, 0.25) is 0 Å². The second-order valence-electron chi connectivity index (χ2n) is 6.16. The lowest BCUT2D eigenvalue weighted by Gasteiger charge is -2.13. The van der Waals surface area contributed by atoms with E-state index in [1.807, 2.05) is 6.07 Å². The summed E-state index contributed by atoms with van der Waals surface area (Å²) in [5, 5.41) is 32.0. The molecule has 9 heteroatoms. The number of carbonyl (C=O) groups excluding carboxylic acids is 1. The second-order valence-corrected chi connectivity index (χ2v) is 6.57. The van der Waals surface area contributed by atoms with E-state index in [1.54, 1.807) is 24.3 Å². The molecule has 0 aliphatic heterocycles. The molecule has 0 spiro atoms. The highest BCUT2D eigenvalue weighted by molar-refractivity contribution is 6.32. The summed E-state index contributed by atoms with van der Waals surface area (Å²) in [6, 6.07) is 8.89. The van der Waals surface area contributed by atoms with Gasteiger partial charge in [0.1, 0.15) is 11.8 Å². The van der Waals surface area contributed by atoms with Crippen molar-refractivity contribution < 1.29 is 12.6 Å². The molecule has 1 unspecified atom stereocenters. The van der Waals surface area contributed by atoms with Crippen molar-refractivity contribution in [1.82, 2.24) is 25.3 Å². The molecule has 3 aromatic rings. The molecule has 3 N–H and O–H groups in total.